The van der Waals surface area contributed by atoms with Crippen molar-refractivity contribution in [1.29, 1.82) is 0 Å². The maximum absolute atomic E-state index is 6.19. The van der Waals surface area contributed by atoms with Gasteiger partial charge in [0.05, 0.1) is 23.0 Å². The van der Waals surface area contributed by atoms with Crippen LogP contribution < -0.4 is 15.8 Å². The average Bonchev–Trinajstić information content (AvgIpc) is 2.88. The lowest BCUT2D eigenvalue weighted by Gasteiger charge is -2.26. The molecule has 2 aromatic rings. The van der Waals surface area contributed by atoms with Crippen LogP contribution in [0.5, 0.6) is 5.75 Å². The number of benzene rings is 1. The van der Waals surface area contributed by atoms with Gasteiger partial charge in [0, 0.05) is 11.6 Å². The van der Waals surface area contributed by atoms with Crippen LogP contribution in [0.2, 0.25) is 0 Å². The van der Waals surface area contributed by atoms with E-state index in [1.807, 2.05) is 43.6 Å². The van der Waals surface area contributed by atoms with Gasteiger partial charge >= 0.3 is 0 Å². The molecule has 0 bridgehead atoms. The first-order valence-corrected chi connectivity index (χ1v) is 7.51. The Labute approximate surface area is 124 Å². The molecule has 3 N–H and O–H groups in total. The molecule has 0 unspecified atom stereocenters. The van der Waals surface area contributed by atoms with Crippen molar-refractivity contribution in [2.24, 2.45) is 0 Å². The van der Waals surface area contributed by atoms with Crippen molar-refractivity contribution in [3.8, 4) is 5.75 Å². The number of aromatic nitrogens is 1. The molecule has 1 heterocycles. The van der Waals surface area contributed by atoms with Gasteiger partial charge in [0.25, 0.3) is 0 Å². The molecule has 0 atom stereocenters. The maximum atomic E-state index is 6.19. The minimum Gasteiger partial charge on any atom is -0.489 e. The molecule has 5 heteroatoms. The second-order valence-corrected chi connectivity index (χ2v) is 6.37. The number of anilines is 2. The number of nitrogens with zero attached hydrogens (tertiary/aromatic N) is 1. The number of ether oxygens (including phenoxy) is 1. The number of nitrogens with two attached hydrogens (primary N) is 1. The molecule has 108 valence electrons. The molecule has 4 nitrogen and oxygen atoms in total. The number of nitrogen functional groups attached to an aromatic ring is 1. The van der Waals surface area contributed by atoms with Gasteiger partial charge in [-0.25, -0.2) is 4.98 Å². The number of hydrogen-bond donors (Lipinski definition) is 2. The van der Waals surface area contributed by atoms with Crippen LogP contribution in [0.15, 0.2) is 29.8 Å². The summed E-state index contributed by atoms with van der Waals surface area (Å²) in [5.41, 5.74) is 7.40. The fourth-order valence-electron chi connectivity index (χ4n) is 1.93. The molecule has 0 saturated carbocycles. The van der Waals surface area contributed by atoms with Crippen molar-refractivity contribution >= 4 is 22.7 Å². The SMILES string of the molecule is CC(C)Oc1cccc(NC(C)(C)c2nccs2)c1N. The summed E-state index contributed by atoms with van der Waals surface area (Å²) in [4.78, 5) is 4.37. The summed E-state index contributed by atoms with van der Waals surface area (Å²) in [6.07, 6.45) is 1.91. The lowest BCUT2D eigenvalue weighted by atomic mass is 10.1. The predicted molar refractivity (Wildman–Crippen MR) is 85.4 cm³/mol. The van der Waals surface area contributed by atoms with Gasteiger partial charge in [0.1, 0.15) is 10.8 Å². The van der Waals surface area contributed by atoms with Crippen LogP contribution >= 0.6 is 11.3 Å². The van der Waals surface area contributed by atoms with Crippen LogP contribution in [-0.2, 0) is 5.54 Å². The third kappa shape index (κ3) is 3.22. The van der Waals surface area contributed by atoms with Crippen molar-refractivity contribution < 1.29 is 4.74 Å². The second kappa shape index (κ2) is 5.71. The van der Waals surface area contributed by atoms with Crippen molar-refractivity contribution in [2.45, 2.75) is 39.3 Å². The number of para-hydroxylation sites is 1. The first-order valence-electron chi connectivity index (χ1n) is 6.63. The third-order valence-corrected chi connectivity index (χ3v) is 3.94. The van der Waals surface area contributed by atoms with E-state index in [4.69, 9.17) is 10.5 Å². The van der Waals surface area contributed by atoms with Gasteiger partial charge in [-0.1, -0.05) is 6.07 Å². The second-order valence-electron chi connectivity index (χ2n) is 5.47. The summed E-state index contributed by atoms with van der Waals surface area (Å²) in [5, 5.41) is 6.44. The molecule has 0 aliphatic carbocycles. The molecule has 0 fully saturated rings. The minimum absolute atomic E-state index is 0.0968. The van der Waals surface area contributed by atoms with Gasteiger partial charge in [-0.2, -0.15) is 0 Å². The highest BCUT2D eigenvalue weighted by Gasteiger charge is 2.24. The Bertz CT molecular complexity index is 565. The highest BCUT2D eigenvalue weighted by atomic mass is 32.1. The van der Waals surface area contributed by atoms with Gasteiger partial charge in [0.2, 0.25) is 0 Å². The van der Waals surface area contributed by atoms with Gasteiger partial charge in [-0.3, -0.25) is 0 Å². The van der Waals surface area contributed by atoms with E-state index in [-0.39, 0.29) is 11.6 Å². The number of rotatable bonds is 5. The summed E-state index contributed by atoms with van der Waals surface area (Å²) < 4.78 is 5.71. The first-order chi connectivity index (χ1) is 9.40. The van der Waals surface area contributed by atoms with Crippen LogP contribution in [0, 0.1) is 0 Å². The van der Waals surface area contributed by atoms with Gasteiger partial charge in [-0.15, -0.1) is 11.3 Å². The summed E-state index contributed by atoms with van der Waals surface area (Å²) in [7, 11) is 0. The molecule has 20 heavy (non-hydrogen) atoms. The monoisotopic (exact) mass is 291 g/mol. The molecular formula is C15H21N3OS. The van der Waals surface area contributed by atoms with Crippen LogP contribution in [-0.4, -0.2) is 11.1 Å². The first kappa shape index (κ1) is 14.7. The van der Waals surface area contributed by atoms with Gasteiger partial charge < -0.3 is 15.8 Å². The fourth-order valence-corrected chi connectivity index (χ4v) is 2.65. The zero-order valence-electron chi connectivity index (χ0n) is 12.3. The van der Waals surface area contributed by atoms with Crippen molar-refractivity contribution in [1.82, 2.24) is 4.98 Å². The summed E-state index contributed by atoms with van der Waals surface area (Å²) in [6.45, 7) is 8.14. The summed E-state index contributed by atoms with van der Waals surface area (Å²) in [6, 6.07) is 5.78. The number of thiazole rings is 1. The summed E-state index contributed by atoms with van der Waals surface area (Å²) >= 11 is 1.62. The Hall–Kier alpha value is -1.75. The Kier molecular flexibility index (Phi) is 4.18. The molecule has 0 saturated heterocycles. The van der Waals surface area contributed by atoms with E-state index in [1.165, 1.54) is 0 Å². The van der Waals surface area contributed by atoms with Crippen LogP contribution in [0.4, 0.5) is 11.4 Å². The Morgan fingerprint density at radius 1 is 1.35 bits per heavy atom. The van der Waals surface area contributed by atoms with Crippen LogP contribution in [0.3, 0.4) is 0 Å². The predicted octanol–water partition coefficient (Wildman–Crippen LogP) is 3.86. The number of hydrogen-bond acceptors (Lipinski definition) is 5. The largest absolute Gasteiger partial charge is 0.489 e. The average molecular weight is 291 g/mol. The molecule has 0 spiro atoms. The van der Waals surface area contributed by atoms with E-state index in [9.17, 15) is 0 Å². The molecular weight excluding hydrogens is 270 g/mol. The smallest absolute Gasteiger partial charge is 0.144 e. The Morgan fingerprint density at radius 3 is 2.70 bits per heavy atom. The van der Waals surface area contributed by atoms with Crippen molar-refractivity contribution in [3.05, 3.63) is 34.8 Å². The lowest BCUT2D eigenvalue weighted by Crippen LogP contribution is -2.28. The highest BCUT2D eigenvalue weighted by molar-refractivity contribution is 7.09. The van der Waals surface area contributed by atoms with Crippen molar-refractivity contribution in [3.63, 3.8) is 0 Å². The van der Waals surface area contributed by atoms with Gasteiger partial charge in [-0.05, 0) is 39.8 Å². The zero-order valence-corrected chi connectivity index (χ0v) is 13.1. The van der Waals surface area contributed by atoms with Gasteiger partial charge in [0.15, 0.2) is 0 Å². The van der Waals surface area contributed by atoms with Crippen LogP contribution in [0.1, 0.15) is 32.7 Å². The molecule has 1 aromatic carbocycles. The molecule has 0 aliphatic heterocycles. The van der Waals surface area contributed by atoms with E-state index in [2.05, 4.69) is 24.1 Å². The van der Waals surface area contributed by atoms with E-state index >= 15 is 0 Å². The van der Waals surface area contributed by atoms with E-state index in [1.54, 1.807) is 11.3 Å². The quantitative estimate of drug-likeness (QED) is 0.821. The highest BCUT2D eigenvalue weighted by Crippen LogP contribution is 2.34. The topological polar surface area (TPSA) is 60.2 Å². The minimum atomic E-state index is -0.279. The summed E-state index contributed by atoms with van der Waals surface area (Å²) in [5.74, 6) is 0.708. The van der Waals surface area contributed by atoms with E-state index in [0.717, 1.165) is 10.7 Å². The van der Waals surface area contributed by atoms with E-state index < -0.39 is 0 Å². The molecule has 0 radical (unpaired) electrons. The number of nitrogens with one attached hydrogen (secondary N) is 1. The Balaban J connectivity index is 2.26. The molecule has 0 aliphatic rings. The standard InChI is InChI=1S/C15H21N3OS/c1-10(2)19-12-7-5-6-11(13(12)16)18-15(3,4)14-17-8-9-20-14/h5-10,18H,16H2,1-4H3. The zero-order chi connectivity index (χ0) is 14.8. The normalized spacial score (nSPS) is 11.7. The molecule has 1 aromatic heterocycles. The van der Waals surface area contributed by atoms with Crippen molar-refractivity contribution in [2.75, 3.05) is 11.1 Å². The maximum Gasteiger partial charge on any atom is 0.144 e. The molecule has 0 amide bonds. The van der Waals surface area contributed by atoms with Crippen LogP contribution in [0.25, 0.3) is 0 Å². The molecule has 2 rings (SSSR count). The van der Waals surface area contributed by atoms with E-state index in [0.29, 0.717) is 11.4 Å². The lowest BCUT2D eigenvalue weighted by molar-refractivity contribution is 0.244. The fraction of sp³-hybridized carbons (Fsp3) is 0.400. The third-order valence-electron chi connectivity index (χ3n) is 2.84. The Morgan fingerprint density at radius 2 is 2.10 bits per heavy atom.